The van der Waals surface area contributed by atoms with Crippen LogP contribution in [0.3, 0.4) is 0 Å². The van der Waals surface area contributed by atoms with Crippen LogP contribution in [0.15, 0.2) is 29.2 Å². The third-order valence-electron chi connectivity index (χ3n) is 4.01. The van der Waals surface area contributed by atoms with E-state index in [0.29, 0.717) is 18.7 Å². The van der Waals surface area contributed by atoms with E-state index in [9.17, 15) is 18.0 Å². The first kappa shape index (κ1) is 18.4. The van der Waals surface area contributed by atoms with Gasteiger partial charge in [0.1, 0.15) is 0 Å². The van der Waals surface area contributed by atoms with Crippen LogP contribution in [0.1, 0.15) is 37.0 Å². The molecule has 1 heterocycles. The lowest BCUT2D eigenvalue weighted by molar-refractivity contribution is -0.119. The predicted octanol–water partition coefficient (Wildman–Crippen LogP) is 0.807. The van der Waals surface area contributed by atoms with E-state index in [-0.39, 0.29) is 23.4 Å². The molecule has 24 heavy (non-hydrogen) atoms. The molecular weight excluding hydrogens is 330 g/mol. The molecule has 2 rings (SSSR count). The largest absolute Gasteiger partial charge is 0.368 e. The van der Waals surface area contributed by atoms with Crippen LogP contribution >= 0.6 is 0 Å². The van der Waals surface area contributed by atoms with Gasteiger partial charge in [0, 0.05) is 24.7 Å². The maximum Gasteiger partial charge on any atom is 0.254 e. The van der Waals surface area contributed by atoms with Gasteiger partial charge >= 0.3 is 0 Å². The van der Waals surface area contributed by atoms with Crippen LogP contribution in [0, 0.1) is 0 Å². The van der Waals surface area contributed by atoms with Gasteiger partial charge in [0.25, 0.3) is 5.91 Å². The zero-order chi connectivity index (χ0) is 17.9. The number of rotatable bonds is 6. The van der Waals surface area contributed by atoms with E-state index in [2.05, 4.69) is 0 Å². The number of sulfonamides is 1. The van der Waals surface area contributed by atoms with Crippen LogP contribution < -0.4 is 5.73 Å². The Bertz CT molecular complexity index is 707. The highest BCUT2D eigenvalue weighted by Crippen LogP contribution is 2.21. The Balaban J connectivity index is 2.22. The first-order chi connectivity index (χ1) is 11.2. The van der Waals surface area contributed by atoms with Gasteiger partial charge in [-0.15, -0.1) is 0 Å². The second-order valence-corrected chi connectivity index (χ2v) is 8.07. The van der Waals surface area contributed by atoms with Gasteiger partial charge in [-0.2, -0.15) is 4.31 Å². The van der Waals surface area contributed by atoms with Crippen molar-refractivity contribution in [2.24, 2.45) is 5.73 Å². The second-order valence-electron chi connectivity index (χ2n) is 6.13. The lowest BCUT2D eigenvalue weighted by Crippen LogP contribution is -2.42. The summed E-state index contributed by atoms with van der Waals surface area (Å²) >= 11 is 0. The molecule has 0 radical (unpaired) electrons. The van der Waals surface area contributed by atoms with E-state index in [1.165, 1.54) is 33.5 Å². The van der Waals surface area contributed by atoms with Crippen LogP contribution in [0.2, 0.25) is 0 Å². The highest BCUT2D eigenvalue weighted by Gasteiger charge is 2.27. The summed E-state index contributed by atoms with van der Waals surface area (Å²) in [6.45, 7) is 4.45. The Morgan fingerprint density at radius 1 is 1.17 bits per heavy atom. The molecule has 1 aromatic rings. The fourth-order valence-corrected chi connectivity index (χ4v) is 4.19. The molecule has 0 unspecified atom stereocenters. The van der Waals surface area contributed by atoms with E-state index in [0.717, 1.165) is 12.8 Å². The minimum Gasteiger partial charge on any atom is -0.368 e. The zero-order valence-electron chi connectivity index (χ0n) is 13.9. The number of primary amides is 1. The monoisotopic (exact) mass is 353 g/mol. The SMILES string of the molecule is CC(C)N(CC(N)=O)C(=O)c1ccc(S(=O)(=O)N2CCCC2)cc1. The van der Waals surface area contributed by atoms with Crippen molar-refractivity contribution in [2.75, 3.05) is 19.6 Å². The summed E-state index contributed by atoms with van der Waals surface area (Å²) in [6, 6.07) is 5.62. The molecule has 2 amide bonds. The Morgan fingerprint density at radius 2 is 1.71 bits per heavy atom. The molecule has 1 aliphatic heterocycles. The van der Waals surface area contributed by atoms with E-state index < -0.39 is 15.9 Å². The molecule has 1 aromatic carbocycles. The van der Waals surface area contributed by atoms with E-state index >= 15 is 0 Å². The number of nitrogens with zero attached hydrogens (tertiary/aromatic N) is 2. The van der Waals surface area contributed by atoms with E-state index in [4.69, 9.17) is 5.73 Å². The average Bonchev–Trinajstić information content (AvgIpc) is 3.07. The molecule has 1 saturated heterocycles. The smallest absolute Gasteiger partial charge is 0.254 e. The maximum atomic E-state index is 12.5. The summed E-state index contributed by atoms with van der Waals surface area (Å²) in [6.07, 6.45) is 1.73. The number of amides is 2. The molecule has 0 saturated carbocycles. The highest BCUT2D eigenvalue weighted by atomic mass is 32.2. The molecule has 1 fully saturated rings. The van der Waals surface area contributed by atoms with Gasteiger partial charge < -0.3 is 10.6 Å². The number of carbonyl (C=O) groups is 2. The van der Waals surface area contributed by atoms with Crippen molar-refractivity contribution in [1.82, 2.24) is 9.21 Å². The quantitative estimate of drug-likeness (QED) is 0.817. The number of hydrogen-bond acceptors (Lipinski definition) is 4. The lowest BCUT2D eigenvalue weighted by Gasteiger charge is -2.25. The third kappa shape index (κ3) is 3.93. The summed E-state index contributed by atoms with van der Waals surface area (Å²) in [5.41, 5.74) is 5.50. The number of benzene rings is 1. The van der Waals surface area contributed by atoms with Crippen LogP contribution in [0.5, 0.6) is 0 Å². The average molecular weight is 353 g/mol. The van der Waals surface area contributed by atoms with Crippen LogP contribution in [0.4, 0.5) is 0 Å². The number of carbonyl (C=O) groups excluding carboxylic acids is 2. The fourth-order valence-electron chi connectivity index (χ4n) is 2.67. The van der Waals surface area contributed by atoms with Gasteiger partial charge in [0.2, 0.25) is 15.9 Å². The summed E-state index contributed by atoms with van der Waals surface area (Å²) in [5.74, 6) is -0.945. The highest BCUT2D eigenvalue weighted by molar-refractivity contribution is 7.89. The van der Waals surface area contributed by atoms with Gasteiger partial charge in [0.05, 0.1) is 11.4 Å². The van der Waals surface area contributed by atoms with Crippen LogP contribution in [0.25, 0.3) is 0 Å². The molecule has 0 atom stereocenters. The van der Waals surface area contributed by atoms with Crippen molar-refractivity contribution in [1.29, 1.82) is 0 Å². The molecule has 0 aromatic heterocycles. The van der Waals surface area contributed by atoms with E-state index in [1.54, 1.807) is 13.8 Å². The molecule has 1 aliphatic rings. The molecule has 132 valence electrons. The summed E-state index contributed by atoms with van der Waals surface area (Å²) in [7, 11) is -3.50. The lowest BCUT2D eigenvalue weighted by atomic mass is 10.1. The predicted molar refractivity (Wildman–Crippen MR) is 89.8 cm³/mol. The van der Waals surface area contributed by atoms with Crippen molar-refractivity contribution in [3.63, 3.8) is 0 Å². The molecule has 0 bridgehead atoms. The first-order valence-corrected chi connectivity index (χ1v) is 9.37. The van der Waals surface area contributed by atoms with Crippen LogP contribution in [-0.4, -0.2) is 55.1 Å². The Kier molecular flexibility index (Phi) is 5.61. The number of hydrogen-bond donors (Lipinski definition) is 1. The topological polar surface area (TPSA) is 101 Å². The van der Waals surface area contributed by atoms with Crippen molar-refractivity contribution >= 4 is 21.8 Å². The number of nitrogens with two attached hydrogens (primary N) is 1. The van der Waals surface area contributed by atoms with Crippen molar-refractivity contribution in [3.05, 3.63) is 29.8 Å². The van der Waals surface area contributed by atoms with Crippen molar-refractivity contribution < 1.29 is 18.0 Å². The first-order valence-electron chi connectivity index (χ1n) is 7.93. The zero-order valence-corrected chi connectivity index (χ0v) is 14.8. The molecule has 2 N–H and O–H groups in total. The van der Waals surface area contributed by atoms with Crippen LogP contribution in [-0.2, 0) is 14.8 Å². The summed E-state index contributed by atoms with van der Waals surface area (Å²) in [4.78, 5) is 25.1. The minimum absolute atomic E-state index is 0.173. The van der Waals surface area contributed by atoms with Gasteiger partial charge in [-0.3, -0.25) is 9.59 Å². The molecular formula is C16H23N3O4S. The molecule has 0 aliphatic carbocycles. The Labute approximate surface area is 142 Å². The van der Waals surface area contributed by atoms with Crippen molar-refractivity contribution in [3.8, 4) is 0 Å². The molecule has 7 nitrogen and oxygen atoms in total. The summed E-state index contributed by atoms with van der Waals surface area (Å²) < 4.78 is 26.4. The third-order valence-corrected chi connectivity index (χ3v) is 5.93. The van der Waals surface area contributed by atoms with Gasteiger partial charge in [-0.25, -0.2) is 8.42 Å². The molecule has 0 spiro atoms. The van der Waals surface area contributed by atoms with Crippen molar-refractivity contribution in [2.45, 2.75) is 37.6 Å². The normalized spacial score (nSPS) is 15.6. The molecule has 8 heteroatoms. The minimum atomic E-state index is -3.50. The Hall–Kier alpha value is -1.93. The van der Waals surface area contributed by atoms with Gasteiger partial charge in [-0.1, -0.05) is 0 Å². The van der Waals surface area contributed by atoms with E-state index in [1.807, 2.05) is 0 Å². The fraction of sp³-hybridized carbons (Fsp3) is 0.500. The van der Waals surface area contributed by atoms with Gasteiger partial charge in [-0.05, 0) is 51.0 Å². The van der Waals surface area contributed by atoms with Gasteiger partial charge in [0.15, 0.2) is 0 Å². The summed E-state index contributed by atoms with van der Waals surface area (Å²) in [5, 5.41) is 0. The maximum absolute atomic E-state index is 12.5. The Morgan fingerprint density at radius 3 is 2.17 bits per heavy atom. The standard InChI is InChI=1S/C16H23N3O4S/c1-12(2)19(11-15(17)20)16(21)13-5-7-14(8-6-13)24(22,23)18-9-3-4-10-18/h5-8,12H,3-4,9-11H2,1-2H3,(H2,17,20). The second kappa shape index (κ2) is 7.31.